The van der Waals surface area contributed by atoms with E-state index in [1.165, 1.54) is 29.3 Å². The van der Waals surface area contributed by atoms with Gasteiger partial charge >= 0.3 is 0 Å². The van der Waals surface area contributed by atoms with Crippen molar-refractivity contribution in [2.45, 2.75) is 57.9 Å². The topological polar surface area (TPSA) is 60.7 Å². The van der Waals surface area contributed by atoms with Crippen LogP contribution in [0.25, 0.3) is 11.2 Å². The number of fused-ring (bicyclic) bond motifs is 1. The predicted molar refractivity (Wildman–Crippen MR) is 103 cm³/mol. The Kier molecular flexibility index (Phi) is 5.15. The minimum absolute atomic E-state index is 0.0471. The molecule has 0 saturated heterocycles. The summed E-state index contributed by atoms with van der Waals surface area (Å²) in [6.07, 6.45) is 5.78. The highest BCUT2D eigenvalue weighted by Gasteiger charge is 2.23. The van der Waals surface area contributed by atoms with Gasteiger partial charge in [0.1, 0.15) is 5.52 Å². The number of halogens is 2. The molecule has 3 aromatic heterocycles. The van der Waals surface area contributed by atoms with Gasteiger partial charge in [0.05, 0.1) is 17.9 Å². The predicted octanol–water partition coefficient (Wildman–Crippen LogP) is 4.53. The molecule has 0 amide bonds. The monoisotopic (exact) mass is 384 g/mol. The lowest BCUT2D eigenvalue weighted by Crippen LogP contribution is -2.28. The first-order valence-electron chi connectivity index (χ1n) is 9.63. The zero-order valence-corrected chi connectivity index (χ0v) is 15.7. The van der Waals surface area contributed by atoms with E-state index in [1.54, 1.807) is 13.1 Å². The maximum Gasteiger partial charge on any atom is 0.265 e. The highest BCUT2D eigenvalue weighted by atomic mass is 19.3. The van der Waals surface area contributed by atoms with Crippen LogP contribution in [0.15, 0.2) is 35.4 Å². The van der Waals surface area contributed by atoms with Crippen LogP contribution in [-0.2, 0) is 6.54 Å². The van der Waals surface area contributed by atoms with Crippen LogP contribution in [0.3, 0.4) is 0 Å². The summed E-state index contributed by atoms with van der Waals surface area (Å²) in [4.78, 5) is 26.4. The Balaban J connectivity index is 1.89. The van der Waals surface area contributed by atoms with Crippen LogP contribution in [0.2, 0.25) is 0 Å². The second-order valence-corrected chi connectivity index (χ2v) is 7.39. The van der Waals surface area contributed by atoms with Crippen molar-refractivity contribution in [1.29, 1.82) is 0 Å². The van der Waals surface area contributed by atoms with Crippen molar-refractivity contribution in [2.24, 2.45) is 0 Å². The molecule has 0 aliphatic heterocycles. The number of aromatic nitrogens is 4. The summed E-state index contributed by atoms with van der Waals surface area (Å²) in [6, 6.07) is 4.67. The van der Waals surface area contributed by atoms with Gasteiger partial charge in [0, 0.05) is 23.5 Å². The summed E-state index contributed by atoms with van der Waals surface area (Å²) in [5.74, 6) is 0.179. The molecule has 4 rings (SSSR count). The second kappa shape index (κ2) is 7.73. The standard InChI is InChI=1S/C21H22F2N4O/c1-13-11-25-17-10-16(14-6-3-2-4-7-14)21(28)27(20(17)26-13)12-18-15(19(22)23)8-5-9-24-18/h5,8-11,14,19H,2-4,6-7,12H2,1H3. The van der Waals surface area contributed by atoms with Crippen LogP contribution in [0.4, 0.5) is 8.78 Å². The molecule has 3 heterocycles. The third-order valence-corrected chi connectivity index (χ3v) is 5.46. The van der Waals surface area contributed by atoms with Crippen molar-refractivity contribution in [3.05, 3.63) is 63.5 Å². The van der Waals surface area contributed by atoms with Crippen LogP contribution >= 0.6 is 0 Å². The number of rotatable bonds is 4. The summed E-state index contributed by atoms with van der Waals surface area (Å²) >= 11 is 0. The van der Waals surface area contributed by atoms with Gasteiger partial charge in [0.2, 0.25) is 0 Å². The van der Waals surface area contributed by atoms with Crippen molar-refractivity contribution in [3.8, 4) is 0 Å². The normalized spacial score (nSPS) is 15.4. The first-order chi connectivity index (χ1) is 13.5. The van der Waals surface area contributed by atoms with Crippen molar-refractivity contribution in [2.75, 3.05) is 0 Å². The number of nitrogens with zero attached hydrogens (tertiary/aromatic N) is 4. The maximum absolute atomic E-state index is 13.4. The molecular formula is C21H22F2N4O. The smallest absolute Gasteiger partial charge is 0.265 e. The fourth-order valence-corrected chi connectivity index (χ4v) is 4.02. The van der Waals surface area contributed by atoms with E-state index in [2.05, 4.69) is 15.0 Å². The molecule has 1 saturated carbocycles. The van der Waals surface area contributed by atoms with Gasteiger partial charge < -0.3 is 0 Å². The minimum atomic E-state index is -2.65. The average Bonchev–Trinajstić information content (AvgIpc) is 2.71. The molecular weight excluding hydrogens is 362 g/mol. The van der Waals surface area contributed by atoms with Gasteiger partial charge in [0.15, 0.2) is 5.65 Å². The fourth-order valence-electron chi connectivity index (χ4n) is 4.02. The Labute approximate surface area is 161 Å². The molecule has 0 spiro atoms. The molecule has 0 bridgehead atoms. The van der Waals surface area contributed by atoms with Crippen LogP contribution in [0.1, 0.15) is 67.0 Å². The Morgan fingerprint density at radius 1 is 1.21 bits per heavy atom. The molecule has 0 unspecified atom stereocenters. The van der Waals surface area contributed by atoms with Gasteiger partial charge in [-0.1, -0.05) is 19.3 Å². The Morgan fingerprint density at radius 3 is 2.75 bits per heavy atom. The first-order valence-corrected chi connectivity index (χ1v) is 9.63. The molecule has 146 valence electrons. The number of pyridine rings is 2. The van der Waals surface area contributed by atoms with E-state index in [4.69, 9.17) is 0 Å². The van der Waals surface area contributed by atoms with E-state index in [0.717, 1.165) is 25.7 Å². The van der Waals surface area contributed by atoms with E-state index in [1.807, 2.05) is 6.07 Å². The summed E-state index contributed by atoms with van der Waals surface area (Å²) in [5, 5.41) is 0. The quantitative estimate of drug-likeness (QED) is 0.663. The van der Waals surface area contributed by atoms with E-state index in [-0.39, 0.29) is 29.3 Å². The third-order valence-electron chi connectivity index (χ3n) is 5.46. The lowest BCUT2D eigenvalue weighted by molar-refractivity contribution is 0.149. The van der Waals surface area contributed by atoms with Gasteiger partial charge in [-0.15, -0.1) is 0 Å². The number of aryl methyl sites for hydroxylation is 1. The SMILES string of the molecule is Cc1cnc2cc(C3CCCCC3)c(=O)n(Cc3ncccc3C(F)F)c2n1. The van der Waals surface area contributed by atoms with Crippen LogP contribution < -0.4 is 5.56 Å². The molecule has 0 radical (unpaired) electrons. The second-order valence-electron chi connectivity index (χ2n) is 7.39. The molecule has 0 aromatic carbocycles. The highest BCUT2D eigenvalue weighted by Crippen LogP contribution is 2.32. The summed E-state index contributed by atoms with van der Waals surface area (Å²) in [6.45, 7) is 1.75. The first kappa shape index (κ1) is 18.7. The lowest BCUT2D eigenvalue weighted by atomic mass is 9.84. The number of alkyl halides is 2. The molecule has 5 nitrogen and oxygen atoms in total. The summed E-state index contributed by atoms with van der Waals surface area (Å²) in [5.41, 5.74) is 2.25. The zero-order valence-electron chi connectivity index (χ0n) is 15.7. The molecule has 7 heteroatoms. The van der Waals surface area contributed by atoms with Crippen molar-refractivity contribution in [3.63, 3.8) is 0 Å². The zero-order chi connectivity index (χ0) is 19.7. The van der Waals surface area contributed by atoms with Crippen molar-refractivity contribution < 1.29 is 8.78 Å². The summed E-state index contributed by atoms with van der Waals surface area (Å²) in [7, 11) is 0. The van der Waals surface area contributed by atoms with Gasteiger partial charge in [-0.2, -0.15) is 0 Å². The van der Waals surface area contributed by atoms with Crippen molar-refractivity contribution in [1.82, 2.24) is 19.5 Å². The van der Waals surface area contributed by atoms with Gasteiger partial charge in [-0.3, -0.25) is 19.3 Å². The third kappa shape index (κ3) is 3.53. The van der Waals surface area contributed by atoms with E-state index >= 15 is 0 Å². The van der Waals surface area contributed by atoms with E-state index in [9.17, 15) is 13.6 Å². The molecule has 3 aromatic rings. The summed E-state index contributed by atoms with van der Waals surface area (Å²) < 4.78 is 28.3. The minimum Gasteiger partial charge on any atom is -0.285 e. The molecule has 1 aliphatic carbocycles. The molecule has 28 heavy (non-hydrogen) atoms. The maximum atomic E-state index is 13.4. The molecule has 0 N–H and O–H groups in total. The largest absolute Gasteiger partial charge is 0.285 e. The van der Waals surface area contributed by atoms with Gasteiger partial charge in [0.25, 0.3) is 12.0 Å². The number of hydrogen-bond acceptors (Lipinski definition) is 4. The van der Waals surface area contributed by atoms with Crippen LogP contribution in [0, 0.1) is 6.92 Å². The molecule has 0 atom stereocenters. The lowest BCUT2D eigenvalue weighted by Gasteiger charge is -2.23. The molecule has 1 aliphatic rings. The Morgan fingerprint density at radius 2 is 2.00 bits per heavy atom. The Bertz CT molecular complexity index is 1060. The van der Waals surface area contributed by atoms with Gasteiger partial charge in [-0.25, -0.2) is 13.8 Å². The average molecular weight is 384 g/mol. The van der Waals surface area contributed by atoms with Crippen LogP contribution in [-0.4, -0.2) is 19.5 Å². The van der Waals surface area contributed by atoms with E-state index in [0.29, 0.717) is 22.4 Å². The highest BCUT2D eigenvalue weighted by molar-refractivity contribution is 5.71. The van der Waals surface area contributed by atoms with Crippen LogP contribution in [0.5, 0.6) is 0 Å². The molecule has 1 fully saturated rings. The Hall–Kier alpha value is -2.70. The van der Waals surface area contributed by atoms with Crippen molar-refractivity contribution >= 4 is 11.2 Å². The van der Waals surface area contributed by atoms with E-state index < -0.39 is 6.43 Å². The van der Waals surface area contributed by atoms with Gasteiger partial charge in [-0.05, 0) is 43.9 Å². The fraction of sp³-hybridized carbons (Fsp3) is 0.429. The number of hydrogen-bond donors (Lipinski definition) is 0.